The summed E-state index contributed by atoms with van der Waals surface area (Å²) in [4.78, 5) is 8.51. The standard InChI is InChI=1S/C22H20Cl3N5O2S/c1-11-20(25)14(16(24)9-28-11)10-32-19-6-13(17(26)7-15(19)23)21(27)12-5-18-22(29-8-12)31-4-3-30(18)33-2/h5-9,27H,3-4,10,26H2,1-2H3. The number of halogens is 3. The van der Waals surface area contributed by atoms with E-state index in [0.29, 0.717) is 61.4 Å². The lowest BCUT2D eigenvalue weighted by Gasteiger charge is -2.28. The maximum atomic E-state index is 8.78. The SMILES string of the molecule is CSN1CCOc2ncc(C(=N)c3cc(OCc4c(Cl)cnc(C)c4Cl)c(Cl)cc3N)cc21. The van der Waals surface area contributed by atoms with Crippen LogP contribution in [0.15, 0.2) is 30.6 Å². The third kappa shape index (κ3) is 4.80. The molecule has 0 bridgehead atoms. The number of hydrogen-bond acceptors (Lipinski definition) is 8. The number of pyridine rings is 2. The summed E-state index contributed by atoms with van der Waals surface area (Å²) >= 11 is 20.5. The molecule has 0 aliphatic carbocycles. The lowest BCUT2D eigenvalue weighted by Crippen LogP contribution is -2.27. The Morgan fingerprint density at radius 3 is 2.76 bits per heavy atom. The zero-order chi connectivity index (χ0) is 23.7. The lowest BCUT2D eigenvalue weighted by molar-refractivity contribution is 0.305. The first-order valence-electron chi connectivity index (χ1n) is 9.85. The summed E-state index contributed by atoms with van der Waals surface area (Å²) in [5.41, 5.74) is 9.87. The van der Waals surface area contributed by atoms with E-state index in [2.05, 4.69) is 14.3 Å². The van der Waals surface area contributed by atoms with Gasteiger partial charge in [-0.05, 0) is 25.1 Å². The van der Waals surface area contributed by atoms with E-state index in [1.54, 1.807) is 37.2 Å². The molecule has 3 N–H and O–H groups in total. The summed E-state index contributed by atoms with van der Waals surface area (Å²) in [6.07, 6.45) is 5.10. The van der Waals surface area contributed by atoms with E-state index in [4.69, 9.17) is 55.4 Å². The first kappa shape index (κ1) is 23.8. The van der Waals surface area contributed by atoms with Gasteiger partial charge in [0.25, 0.3) is 0 Å². The van der Waals surface area contributed by atoms with Crippen LogP contribution in [-0.2, 0) is 6.61 Å². The molecule has 1 aliphatic heterocycles. The van der Waals surface area contributed by atoms with E-state index in [9.17, 15) is 0 Å². The number of fused-ring (bicyclic) bond motifs is 1. The smallest absolute Gasteiger partial charge is 0.238 e. The van der Waals surface area contributed by atoms with Crippen LogP contribution >= 0.6 is 46.8 Å². The van der Waals surface area contributed by atoms with Crippen molar-refractivity contribution in [3.8, 4) is 11.6 Å². The van der Waals surface area contributed by atoms with Crippen LogP contribution in [0.3, 0.4) is 0 Å². The fourth-order valence-corrected chi connectivity index (χ4v) is 4.61. The largest absolute Gasteiger partial charge is 0.487 e. The second kappa shape index (κ2) is 9.85. The Morgan fingerprint density at radius 2 is 2.00 bits per heavy atom. The highest BCUT2D eigenvalue weighted by atomic mass is 35.5. The number of anilines is 2. The van der Waals surface area contributed by atoms with Crippen molar-refractivity contribution in [2.75, 3.05) is 29.4 Å². The molecule has 4 rings (SSSR count). The Balaban J connectivity index is 1.64. The zero-order valence-corrected chi connectivity index (χ0v) is 20.9. The minimum atomic E-state index is 0.0812. The van der Waals surface area contributed by atoms with Crippen molar-refractivity contribution in [1.82, 2.24) is 9.97 Å². The minimum absolute atomic E-state index is 0.0812. The van der Waals surface area contributed by atoms with Gasteiger partial charge in [0.1, 0.15) is 24.7 Å². The van der Waals surface area contributed by atoms with Crippen LogP contribution in [0.5, 0.6) is 11.6 Å². The van der Waals surface area contributed by atoms with E-state index < -0.39 is 0 Å². The van der Waals surface area contributed by atoms with Crippen molar-refractivity contribution in [2.45, 2.75) is 13.5 Å². The van der Waals surface area contributed by atoms with Crippen LogP contribution in [0.1, 0.15) is 22.4 Å². The third-order valence-corrected chi connectivity index (χ3v) is 7.07. The molecule has 33 heavy (non-hydrogen) atoms. The average molecular weight is 525 g/mol. The van der Waals surface area contributed by atoms with Gasteiger partial charge in [0.05, 0.1) is 33.0 Å². The summed E-state index contributed by atoms with van der Waals surface area (Å²) in [7, 11) is 0. The highest BCUT2D eigenvalue weighted by molar-refractivity contribution is 8.00. The highest BCUT2D eigenvalue weighted by Gasteiger charge is 2.22. The second-order valence-electron chi connectivity index (χ2n) is 7.20. The fraction of sp³-hybridized carbons (Fsp3) is 0.227. The number of rotatable bonds is 6. The normalized spacial score (nSPS) is 12.8. The van der Waals surface area contributed by atoms with Crippen LogP contribution in [0.2, 0.25) is 15.1 Å². The molecule has 0 atom stereocenters. The molecular weight excluding hydrogens is 505 g/mol. The highest BCUT2D eigenvalue weighted by Crippen LogP contribution is 2.36. The molecule has 1 aromatic carbocycles. The van der Waals surface area contributed by atoms with Gasteiger partial charge in [0.15, 0.2) is 0 Å². The molecule has 0 saturated carbocycles. The number of aromatic nitrogens is 2. The van der Waals surface area contributed by atoms with Crippen LogP contribution in [0, 0.1) is 12.3 Å². The summed E-state index contributed by atoms with van der Waals surface area (Å²) in [5, 5.41) is 9.92. The number of aryl methyl sites for hydroxylation is 1. The quantitative estimate of drug-likeness (QED) is 0.239. The lowest BCUT2D eigenvalue weighted by atomic mass is 10.0. The molecule has 0 radical (unpaired) electrons. The summed E-state index contributed by atoms with van der Waals surface area (Å²) in [5.74, 6) is 0.897. The predicted octanol–water partition coefficient (Wildman–Crippen LogP) is 5.80. The van der Waals surface area contributed by atoms with Gasteiger partial charge in [-0.2, -0.15) is 0 Å². The van der Waals surface area contributed by atoms with Gasteiger partial charge in [-0.15, -0.1) is 0 Å². The molecule has 0 amide bonds. The van der Waals surface area contributed by atoms with Crippen molar-refractivity contribution < 1.29 is 9.47 Å². The summed E-state index contributed by atoms with van der Waals surface area (Å²) < 4.78 is 13.6. The van der Waals surface area contributed by atoms with E-state index in [1.807, 2.05) is 12.3 Å². The van der Waals surface area contributed by atoms with E-state index in [0.717, 1.165) is 12.2 Å². The second-order valence-corrected chi connectivity index (χ2v) is 9.20. The maximum Gasteiger partial charge on any atom is 0.238 e. The number of benzene rings is 1. The monoisotopic (exact) mass is 523 g/mol. The molecule has 2 aromatic heterocycles. The molecule has 0 unspecified atom stereocenters. The van der Waals surface area contributed by atoms with E-state index >= 15 is 0 Å². The van der Waals surface area contributed by atoms with Crippen molar-refractivity contribution in [3.05, 3.63) is 68.0 Å². The van der Waals surface area contributed by atoms with Gasteiger partial charge in [0, 0.05) is 41.0 Å². The van der Waals surface area contributed by atoms with Gasteiger partial charge in [-0.3, -0.25) is 10.4 Å². The first-order chi connectivity index (χ1) is 15.8. The van der Waals surface area contributed by atoms with Gasteiger partial charge in [-0.1, -0.05) is 46.8 Å². The average Bonchev–Trinajstić information content (AvgIpc) is 2.81. The van der Waals surface area contributed by atoms with E-state index in [1.165, 1.54) is 6.20 Å². The Morgan fingerprint density at radius 1 is 1.21 bits per heavy atom. The number of nitrogens with one attached hydrogen (secondary N) is 1. The topological polar surface area (TPSA) is 97.3 Å². The minimum Gasteiger partial charge on any atom is -0.487 e. The molecule has 11 heteroatoms. The number of hydrogen-bond donors (Lipinski definition) is 2. The van der Waals surface area contributed by atoms with Gasteiger partial charge < -0.3 is 19.5 Å². The summed E-state index contributed by atoms with van der Waals surface area (Å²) in [6.45, 7) is 3.16. The first-order valence-corrected chi connectivity index (χ1v) is 12.2. The molecular formula is C22H20Cl3N5O2S. The van der Waals surface area contributed by atoms with Gasteiger partial charge in [0.2, 0.25) is 5.88 Å². The molecule has 3 heterocycles. The number of ether oxygens (including phenoxy) is 2. The number of nitrogens with two attached hydrogens (primary N) is 1. The molecule has 3 aromatic rings. The van der Waals surface area contributed by atoms with Gasteiger partial charge in [-0.25, -0.2) is 4.98 Å². The predicted molar refractivity (Wildman–Crippen MR) is 136 cm³/mol. The third-order valence-electron chi connectivity index (χ3n) is 5.13. The van der Waals surface area contributed by atoms with E-state index in [-0.39, 0.29) is 12.3 Å². The van der Waals surface area contributed by atoms with Gasteiger partial charge >= 0.3 is 0 Å². The molecule has 1 aliphatic rings. The Hall–Kier alpha value is -2.39. The maximum absolute atomic E-state index is 8.78. The summed E-state index contributed by atoms with van der Waals surface area (Å²) in [6, 6.07) is 5.07. The molecule has 0 spiro atoms. The molecule has 172 valence electrons. The Kier molecular flexibility index (Phi) is 7.09. The van der Waals surface area contributed by atoms with Crippen molar-refractivity contribution >= 4 is 63.8 Å². The van der Waals surface area contributed by atoms with Crippen LogP contribution in [0.25, 0.3) is 0 Å². The molecule has 0 saturated heterocycles. The molecule has 7 nitrogen and oxygen atoms in total. The van der Waals surface area contributed by atoms with Crippen molar-refractivity contribution in [3.63, 3.8) is 0 Å². The van der Waals surface area contributed by atoms with Crippen LogP contribution < -0.4 is 19.5 Å². The van der Waals surface area contributed by atoms with Crippen LogP contribution in [-0.4, -0.2) is 35.1 Å². The Labute approximate surface area is 210 Å². The van der Waals surface area contributed by atoms with Crippen molar-refractivity contribution in [2.24, 2.45) is 0 Å². The molecule has 0 fully saturated rings. The zero-order valence-electron chi connectivity index (χ0n) is 17.8. The van der Waals surface area contributed by atoms with Crippen molar-refractivity contribution in [1.29, 1.82) is 5.41 Å². The van der Waals surface area contributed by atoms with Crippen LogP contribution in [0.4, 0.5) is 11.4 Å². The number of nitrogen functional groups attached to an aromatic ring is 1. The fourth-order valence-electron chi connectivity index (χ4n) is 3.35. The Bertz CT molecular complexity index is 1240. The number of nitrogens with zero attached hydrogens (tertiary/aromatic N) is 3.